The summed E-state index contributed by atoms with van der Waals surface area (Å²) >= 11 is 0. The van der Waals surface area contributed by atoms with Gasteiger partial charge >= 0.3 is 0 Å². The topological polar surface area (TPSA) is 110 Å². The highest BCUT2D eigenvalue weighted by molar-refractivity contribution is 7.91. The van der Waals surface area contributed by atoms with Gasteiger partial charge in [0, 0.05) is 29.6 Å². The van der Waals surface area contributed by atoms with Crippen LogP contribution in [-0.4, -0.2) is 66.5 Å². The van der Waals surface area contributed by atoms with Gasteiger partial charge in [-0.3, -0.25) is 0 Å². The molecule has 1 fully saturated rings. The number of fused-ring (bicyclic) bond motifs is 4. The SMILES string of the molecule is C[C@@H]1COC[C@H]2COc3c(nc(-c4ccnc5[nH]ccc45)nc3C(C)(C)S(C)(=O)=O)N21. The molecule has 1 N–H and O–H groups in total. The first-order valence-corrected chi connectivity index (χ1v) is 12.1. The van der Waals surface area contributed by atoms with Gasteiger partial charge in [-0.25, -0.2) is 23.4 Å². The normalized spacial score (nSPS) is 21.5. The molecule has 3 aromatic rings. The van der Waals surface area contributed by atoms with Crippen molar-refractivity contribution in [2.75, 3.05) is 31.0 Å². The molecule has 0 amide bonds. The molecule has 10 heteroatoms. The molecule has 0 aromatic carbocycles. The van der Waals surface area contributed by atoms with Crippen LogP contribution in [0.15, 0.2) is 24.5 Å². The first-order valence-electron chi connectivity index (χ1n) is 10.2. The van der Waals surface area contributed by atoms with Crippen LogP contribution in [0.25, 0.3) is 22.4 Å². The third-order valence-electron chi connectivity index (χ3n) is 6.25. The first-order chi connectivity index (χ1) is 14.7. The van der Waals surface area contributed by atoms with Gasteiger partial charge in [-0.15, -0.1) is 0 Å². The zero-order valence-electron chi connectivity index (χ0n) is 17.9. The number of hydrogen-bond acceptors (Lipinski definition) is 8. The zero-order chi connectivity index (χ0) is 22.0. The molecule has 1 saturated heterocycles. The highest BCUT2D eigenvalue weighted by Gasteiger charge is 2.43. The van der Waals surface area contributed by atoms with Crippen LogP contribution in [0, 0.1) is 0 Å². The highest BCUT2D eigenvalue weighted by atomic mass is 32.2. The van der Waals surface area contributed by atoms with Crippen molar-refractivity contribution in [3.63, 3.8) is 0 Å². The Labute approximate surface area is 180 Å². The number of nitrogens with one attached hydrogen (secondary N) is 1. The summed E-state index contributed by atoms with van der Waals surface area (Å²) in [4.78, 5) is 19.3. The number of ether oxygens (including phenoxy) is 2. The second kappa shape index (κ2) is 6.89. The summed E-state index contributed by atoms with van der Waals surface area (Å²) in [5.74, 6) is 1.49. The Balaban J connectivity index is 1.81. The van der Waals surface area contributed by atoms with Crippen LogP contribution >= 0.6 is 0 Å². The summed E-state index contributed by atoms with van der Waals surface area (Å²) in [5.41, 5.74) is 1.87. The van der Waals surface area contributed by atoms with E-state index >= 15 is 0 Å². The van der Waals surface area contributed by atoms with Crippen LogP contribution in [0.3, 0.4) is 0 Å². The Bertz CT molecular complexity index is 1270. The fourth-order valence-corrected chi connectivity index (χ4v) is 4.68. The first kappa shape index (κ1) is 20.2. The van der Waals surface area contributed by atoms with Gasteiger partial charge in [0.1, 0.15) is 22.7 Å². The molecule has 0 unspecified atom stereocenters. The molecule has 0 bridgehead atoms. The average Bonchev–Trinajstić information content (AvgIpc) is 3.21. The number of nitrogens with zero attached hydrogens (tertiary/aromatic N) is 4. The number of aromatic amines is 1. The van der Waals surface area contributed by atoms with Crippen LogP contribution < -0.4 is 9.64 Å². The molecule has 9 nitrogen and oxygen atoms in total. The fourth-order valence-electron chi connectivity index (χ4n) is 4.19. The molecule has 0 radical (unpaired) electrons. The third kappa shape index (κ3) is 3.08. The number of anilines is 1. The Hall–Kier alpha value is -2.72. The van der Waals surface area contributed by atoms with Gasteiger partial charge in [-0.1, -0.05) is 0 Å². The fraction of sp³-hybridized carbons (Fsp3) is 0.476. The number of aromatic nitrogens is 4. The van der Waals surface area contributed by atoms with E-state index in [4.69, 9.17) is 19.4 Å². The molecule has 5 heterocycles. The van der Waals surface area contributed by atoms with Gasteiger partial charge in [0.05, 0.1) is 25.3 Å². The van der Waals surface area contributed by atoms with Crippen molar-refractivity contribution in [2.24, 2.45) is 0 Å². The molecular formula is C21H25N5O4S. The number of rotatable bonds is 3. The van der Waals surface area contributed by atoms with Crippen molar-refractivity contribution in [1.29, 1.82) is 0 Å². The van der Waals surface area contributed by atoms with Crippen LogP contribution in [0.5, 0.6) is 5.75 Å². The second-order valence-electron chi connectivity index (χ2n) is 8.69. The quantitative estimate of drug-likeness (QED) is 0.657. The molecule has 2 aliphatic rings. The van der Waals surface area contributed by atoms with E-state index in [2.05, 4.69) is 21.8 Å². The van der Waals surface area contributed by atoms with Crippen LogP contribution in [0.1, 0.15) is 26.5 Å². The summed E-state index contributed by atoms with van der Waals surface area (Å²) in [6.45, 7) is 6.88. The summed E-state index contributed by atoms with van der Waals surface area (Å²) in [6.07, 6.45) is 4.72. The Morgan fingerprint density at radius 2 is 2.00 bits per heavy atom. The Kier molecular flexibility index (Phi) is 4.49. The van der Waals surface area contributed by atoms with Gasteiger partial charge in [-0.2, -0.15) is 0 Å². The van der Waals surface area contributed by atoms with E-state index in [1.165, 1.54) is 6.26 Å². The lowest BCUT2D eigenvalue weighted by atomic mass is 10.0. The van der Waals surface area contributed by atoms with E-state index in [0.29, 0.717) is 42.9 Å². The zero-order valence-corrected chi connectivity index (χ0v) is 18.7. The van der Waals surface area contributed by atoms with Gasteiger partial charge in [0.25, 0.3) is 0 Å². The molecule has 164 valence electrons. The van der Waals surface area contributed by atoms with E-state index in [9.17, 15) is 8.42 Å². The number of pyridine rings is 1. The van der Waals surface area contributed by atoms with E-state index in [0.717, 1.165) is 16.6 Å². The predicted octanol–water partition coefficient (Wildman–Crippen LogP) is 2.29. The largest absolute Gasteiger partial charge is 0.486 e. The van der Waals surface area contributed by atoms with Crippen LogP contribution in [0.4, 0.5) is 5.82 Å². The van der Waals surface area contributed by atoms with E-state index < -0.39 is 14.6 Å². The molecule has 2 atom stereocenters. The summed E-state index contributed by atoms with van der Waals surface area (Å²) < 4.78 is 36.0. The number of sulfone groups is 1. The van der Waals surface area contributed by atoms with Crippen molar-refractivity contribution in [3.8, 4) is 17.1 Å². The molecule has 2 aliphatic heterocycles. The Morgan fingerprint density at radius 3 is 2.77 bits per heavy atom. The standard InChI is InChI=1S/C21H25N5O4S/c1-12-9-29-10-13-11-30-16-17(21(2,3)31(4,27)28)24-19(25-20(16)26(12)13)15-6-8-23-18-14(15)5-7-22-18/h5-8,12-13H,9-11H2,1-4H3,(H,22,23)/t12-,13+/m1/s1. The molecule has 0 aliphatic carbocycles. The minimum absolute atomic E-state index is 0.0120. The van der Waals surface area contributed by atoms with Crippen molar-refractivity contribution in [3.05, 3.63) is 30.2 Å². The van der Waals surface area contributed by atoms with Gasteiger partial charge in [0.15, 0.2) is 27.2 Å². The van der Waals surface area contributed by atoms with Crippen molar-refractivity contribution < 1.29 is 17.9 Å². The highest BCUT2D eigenvalue weighted by Crippen LogP contribution is 2.44. The number of morpholine rings is 1. The average molecular weight is 444 g/mol. The van der Waals surface area contributed by atoms with Crippen LogP contribution in [-0.2, 0) is 19.3 Å². The van der Waals surface area contributed by atoms with Crippen molar-refractivity contribution in [2.45, 2.75) is 37.6 Å². The lowest BCUT2D eigenvalue weighted by molar-refractivity contribution is 0.0482. The van der Waals surface area contributed by atoms with Crippen molar-refractivity contribution in [1.82, 2.24) is 19.9 Å². The second-order valence-corrected chi connectivity index (χ2v) is 11.3. The van der Waals surface area contributed by atoms with E-state index in [1.807, 2.05) is 18.3 Å². The Morgan fingerprint density at radius 1 is 1.19 bits per heavy atom. The van der Waals surface area contributed by atoms with E-state index in [-0.39, 0.29) is 12.1 Å². The smallest absolute Gasteiger partial charge is 0.185 e. The third-order valence-corrected chi connectivity index (χ3v) is 8.30. The van der Waals surface area contributed by atoms with Gasteiger partial charge in [-0.05, 0) is 32.9 Å². The van der Waals surface area contributed by atoms with Crippen LogP contribution in [0.2, 0.25) is 0 Å². The van der Waals surface area contributed by atoms with E-state index in [1.54, 1.807) is 20.0 Å². The molecule has 0 spiro atoms. The van der Waals surface area contributed by atoms with Gasteiger partial charge < -0.3 is 19.4 Å². The molecular weight excluding hydrogens is 418 g/mol. The molecule has 0 saturated carbocycles. The maximum atomic E-state index is 12.7. The summed E-state index contributed by atoms with van der Waals surface area (Å²) in [7, 11) is -3.49. The lowest BCUT2D eigenvalue weighted by Crippen LogP contribution is -2.56. The monoisotopic (exact) mass is 443 g/mol. The lowest BCUT2D eigenvalue weighted by Gasteiger charge is -2.45. The van der Waals surface area contributed by atoms with Crippen molar-refractivity contribution >= 4 is 26.7 Å². The molecule has 31 heavy (non-hydrogen) atoms. The molecule has 5 rings (SSSR count). The summed E-state index contributed by atoms with van der Waals surface area (Å²) in [5, 5.41) is 0.869. The predicted molar refractivity (Wildman–Crippen MR) is 117 cm³/mol. The maximum absolute atomic E-state index is 12.7. The van der Waals surface area contributed by atoms with Gasteiger partial charge in [0.2, 0.25) is 0 Å². The minimum atomic E-state index is -3.49. The number of H-pyrrole nitrogens is 1. The minimum Gasteiger partial charge on any atom is -0.486 e. The molecule has 3 aromatic heterocycles. The summed E-state index contributed by atoms with van der Waals surface area (Å²) in [6, 6.07) is 3.85. The number of hydrogen-bond donors (Lipinski definition) is 1. The maximum Gasteiger partial charge on any atom is 0.185 e.